The number of pyridine rings is 1. The Morgan fingerprint density at radius 3 is 2.48 bits per heavy atom. The third-order valence-electron chi connectivity index (χ3n) is 4.83. The Morgan fingerprint density at radius 2 is 1.72 bits per heavy atom. The second-order valence-electron chi connectivity index (χ2n) is 6.95. The Labute approximate surface area is 182 Å². The van der Waals surface area contributed by atoms with Crippen LogP contribution in [-0.2, 0) is 0 Å². The van der Waals surface area contributed by atoms with E-state index in [9.17, 15) is 4.79 Å². The largest absolute Gasteiger partial charge is 0.322 e. The number of nitrogens with one attached hydrogen (secondary N) is 1. The van der Waals surface area contributed by atoms with Gasteiger partial charge in [0.05, 0.1) is 16.8 Å². The van der Waals surface area contributed by atoms with Gasteiger partial charge < -0.3 is 5.32 Å². The minimum absolute atomic E-state index is 0.197. The predicted octanol–water partition coefficient (Wildman–Crippen LogP) is 7.19. The van der Waals surface area contributed by atoms with Crippen LogP contribution >= 0.6 is 27.5 Å². The molecule has 4 rings (SSSR count). The number of hydrogen-bond donors (Lipinski definition) is 1. The Hall–Kier alpha value is -2.69. The molecule has 1 N–H and O–H groups in total. The average molecular weight is 466 g/mol. The number of anilines is 1. The lowest BCUT2D eigenvalue weighted by molar-refractivity contribution is 0.102. The van der Waals surface area contributed by atoms with E-state index in [-0.39, 0.29) is 5.91 Å². The Balaban J connectivity index is 1.89. The number of carbonyl (C=O) groups is 1. The van der Waals surface area contributed by atoms with Crippen molar-refractivity contribution in [2.24, 2.45) is 0 Å². The van der Waals surface area contributed by atoms with Crippen LogP contribution in [0.4, 0.5) is 5.69 Å². The van der Waals surface area contributed by atoms with Crippen molar-refractivity contribution in [2.45, 2.75) is 13.8 Å². The summed E-state index contributed by atoms with van der Waals surface area (Å²) in [6.45, 7) is 3.93. The van der Waals surface area contributed by atoms with Gasteiger partial charge in [-0.2, -0.15) is 0 Å². The van der Waals surface area contributed by atoms with Crippen molar-refractivity contribution in [3.63, 3.8) is 0 Å². The van der Waals surface area contributed by atoms with Crippen LogP contribution in [0.3, 0.4) is 0 Å². The van der Waals surface area contributed by atoms with Gasteiger partial charge >= 0.3 is 0 Å². The van der Waals surface area contributed by atoms with E-state index in [4.69, 9.17) is 16.6 Å². The van der Waals surface area contributed by atoms with Gasteiger partial charge in [0.25, 0.3) is 5.91 Å². The highest BCUT2D eigenvalue weighted by atomic mass is 79.9. The van der Waals surface area contributed by atoms with Crippen LogP contribution in [0.1, 0.15) is 21.5 Å². The molecule has 0 bridgehead atoms. The summed E-state index contributed by atoms with van der Waals surface area (Å²) < 4.78 is 0.907. The van der Waals surface area contributed by atoms with Crippen LogP contribution < -0.4 is 5.32 Å². The summed E-state index contributed by atoms with van der Waals surface area (Å²) >= 11 is 9.66. The number of rotatable bonds is 3. The molecule has 0 radical (unpaired) electrons. The molecule has 0 fully saturated rings. The van der Waals surface area contributed by atoms with Crippen molar-refractivity contribution in [1.82, 2.24) is 4.98 Å². The van der Waals surface area contributed by atoms with E-state index in [1.807, 2.05) is 74.5 Å². The first kappa shape index (κ1) is 19.6. The second kappa shape index (κ2) is 7.97. The van der Waals surface area contributed by atoms with Crippen LogP contribution in [0.2, 0.25) is 5.02 Å². The zero-order valence-electron chi connectivity index (χ0n) is 16.0. The van der Waals surface area contributed by atoms with Crippen molar-refractivity contribution in [3.8, 4) is 11.3 Å². The third-order valence-corrected chi connectivity index (χ3v) is 5.52. The smallest absolute Gasteiger partial charge is 0.256 e. The maximum atomic E-state index is 13.3. The van der Waals surface area contributed by atoms with E-state index in [1.54, 1.807) is 6.07 Å². The first-order chi connectivity index (χ1) is 13.9. The summed E-state index contributed by atoms with van der Waals surface area (Å²) in [6, 6.07) is 21.1. The van der Waals surface area contributed by atoms with Gasteiger partial charge in [-0.15, -0.1) is 0 Å². The van der Waals surface area contributed by atoms with E-state index in [0.29, 0.717) is 16.3 Å². The Kier molecular flexibility index (Phi) is 5.39. The summed E-state index contributed by atoms with van der Waals surface area (Å²) in [5, 5.41) is 4.39. The fourth-order valence-electron chi connectivity index (χ4n) is 3.32. The van der Waals surface area contributed by atoms with Crippen LogP contribution in [0.5, 0.6) is 0 Å². The highest BCUT2D eigenvalue weighted by Gasteiger charge is 2.17. The van der Waals surface area contributed by atoms with E-state index >= 15 is 0 Å². The van der Waals surface area contributed by atoms with Crippen molar-refractivity contribution in [2.75, 3.05) is 5.32 Å². The summed E-state index contributed by atoms with van der Waals surface area (Å²) in [5.41, 5.74) is 5.74. The fraction of sp³-hybridized carbons (Fsp3) is 0.0833. The van der Waals surface area contributed by atoms with Gasteiger partial charge in [0.1, 0.15) is 0 Å². The molecule has 0 saturated carbocycles. The summed E-state index contributed by atoms with van der Waals surface area (Å²) in [4.78, 5) is 18.1. The molecule has 3 nitrogen and oxygen atoms in total. The number of nitrogens with zero attached hydrogens (tertiary/aromatic N) is 1. The van der Waals surface area contributed by atoms with Crippen molar-refractivity contribution >= 4 is 50.0 Å². The van der Waals surface area contributed by atoms with E-state index in [2.05, 4.69) is 21.2 Å². The fourth-order valence-corrected chi connectivity index (χ4v) is 4.06. The molecule has 29 heavy (non-hydrogen) atoms. The molecule has 5 heteroatoms. The lowest BCUT2D eigenvalue weighted by atomic mass is 10.0. The Morgan fingerprint density at radius 1 is 0.966 bits per heavy atom. The average Bonchev–Trinajstić information content (AvgIpc) is 2.70. The number of carbonyl (C=O) groups excluding carboxylic acids is 1. The first-order valence-electron chi connectivity index (χ1n) is 9.16. The van der Waals surface area contributed by atoms with Crippen LogP contribution in [0.15, 0.2) is 71.2 Å². The van der Waals surface area contributed by atoms with Crippen molar-refractivity contribution in [3.05, 3.63) is 92.9 Å². The minimum Gasteiger partial charge on any atom is -0.322 e. The maximum absolute atomic E-state index is 13.3. The van der Waals surface area contributed by atoms with Crippen LogP contribution in [0.25, 0.3) is 22.2 Å². The monoisotopic (exact) mass is 464 g/mol. The molecule has 0 aliphatic heterocycles. The topological polar surface area (TPSA) is 42.0 Å². The number of fused-ring (bicyclic) bond motifs is 1. The minimum atomic E-state index is -0.197. The quantitative estimate of drug-likeness (QED) is 0.348. The highest BCUT2D eigenvalue weighted by Crippen LogP contribution is 2.30. The van der Waals surface area contributed by atoms with Gasteiger partial charge in [0, 0.05) is 26.1 Å². The summed E-state index contributed by atoms with van der Waals surface area (Å²) in [7, 11) is 0. The lowest BCUT2D eigenvalue weighted by Crippen LogP contribution is -2.14. The molecule has 0 atom stereocenters. The van der Waals surface area contributed by atoms with Gasteiger partial charge in [-0.25, -0.2) is 4.98 Å². The number of halogens is 2. The van der Waals surface area contributed by atoms with Gasteiger partial charge in [-0.1, -0.05) is 63.9 Å². The predicted molar refractivity (Wildman–Crippen MR) is 124 cm³/mol. The van der Waals surface area contributed by atoms with E-state index < -0.39 is 0 Å². The molecule has 0 aliphatic rings. The zero-order chi connectivity index (χ0) is 20.5. The van der Waals surface area contributed by atoms with Gasteiger partial charge in [0.15, 0.2) is 0 Å². The lowest BCUT2D eigenvalue weighted by Gasteiger charge is -2.14. The van der Waals surface area contributed by atoms with Crippen LogP contribution in [-0.4, -0.2) is 10.9 Å². The highest BCUT2D eigenvalue weighted by molar-refractivity contribution is 9.10. The zero-order valence-corrected chi connectivity index (χ0v) is 18.3. The molecule has 1 aromatic heterocycles. The third kappa shape index (κ3) is 4.04. The molecule has 144 valence electrons. The number of amides is 1. The van der Waals surface area contributed by atoms with Crippen LogP contribution in [0, 0.1) is 13.8 Å². The summed E-state index contributed by atoms with van der Waals surface area (Å²) in [5.74, 6) is -0.197. The normalized spacial score (nSPS) is 10.9. The molecule has 4 aromatic rings. The molecule has 0 unspecified atom stereocenters. The molecule has 3 aromatic carbocycles. The number of aromatic nitrogens is 1. The van der Waals surface area contributed by atoms with Gasteiger partial charge in [0.2, 0.25) is 0 Å². The molecular formula is C24H18BrClN2O. The van der Waals surface area contributed by atoms with E-state index in [1.165, 1.54) is 0 Å². The van der Waals surface area contributed by atoms with E-state index in [0.717, 1.165) is 37.8 Å². The molecule has 0 aliphatic carbocycles. The maximum Gasteiger partial charge on any atom is 0.256 e. The first-order valence-corrected chi connectivity index (χ1v) is 10.3. The Bertz CT molecular complexity index is 1240. The molecule has 0 saturated heterocycles. The SMILES string of the molecule is Cc1ccc(Cl)cc1NC(=O)c1cc(-c2ccccc2)nc2c(C)cc(Br)cc12. The molecule has 0 spiro atoms. The second-order valence-corrected chi connectivity index (χ2v) is 8.31. The number of benzene rings is 3. The molecular weight excluding hydrogens is 448 g/mol. The number of hydrogen-bond acceptors (Lipinski definition) is 2. The molecule has 1 amide bonds. The van der Waals surface area contributed by atoms with Gasteiger partial charge in [-0.3, -0.25) is 4.79 Å². The standard InChI is InChI=1S/C24H18BrClN2O/c1-14-8-9-18(26)12-21(14)28-24(29)20-13-22(16-6-4-3-5-7-16)27-23-15(2)10-17(25)11-19(20)23/h3-13H,1-2H3,(H,28,29). The molecule has 1 heterocycles. The summed E-state index contributed by atoms with van der Waals surface area (Å²) in [6.07, 6.45) is 0. The van der Waals surface area contributed by atoms with Gasteiger partial charge in [-0.05, 0) is 55.3 Å². The van der Waals surface area contributed by atoms with Crippen molar-refractivity contribution in [1.29, 1.82) is 0 Å². The van der Waals surface area contributed by atoms with Crippen molar-refractivity contribution < 1.29 is 4.79 Å². The number of aryl methyl sites for hydroxylation is 2.